The molecule has 5 N–H and O–H groups in total. The molecule has 2 aromatic rings. The number of rotatable bonds is 6. The number of nitrogens with one attached hydrogen (secondary N) is 1. The van der Waals surface area contributed by atoms with Crippen LogP contribution in [0.15, 0.2) is 42.5 Å². The lowest BCUT2D eigenvalue weighted by molar-refractivity contribution is 0.0693. The zero-order valence-electron chi connectivity index (χ0n) is 12.9. The van der Waals surface area contributed by atoms with Crippen molar-refractivity contribution < 1.29 is 34.2 Å². The molecule has 0 aliphatic rings. The predicted molar refractivity (Wildman–Crippen MR) is 86.6 cm³/mol. The highest BCUT2D eigenvalue weighted by molar-refractivity contribution is 6.43. The van der Waals surface area contributed by atoms with Crippen molar-refractivity contribution >= 4 is 19.0 Å². The SMILES string of the molecule is O=C(N[C@@H](Cc1cccc(C(=O)O)c1O)B(O)O)c1ccc(F)cc1. The second-order valence-electron chi connectivity index (χ2n) is 5.32. The molecular formula is C16H15BFNO6. The van der Waals surface area contributed by atoms with Crippen LogP contribution in [-0.2, 0) is 6.42 Å². The van der Waals surface area contributed by atoms with Gasteiger partial charge in [-0.1, -0.05) is 12.1 Å². The van der Waals surface area contributed by atoms with Gasteiger partial charge in [-0.2, -0.15) is 0 Å². The summed E-state index contributed by atoms with van der Waals surface area (Å²) in [5, 5.41) is 40.3. The van der Waals surface area contributed by atoms with E-state index in [1.165, 1.54) is 30.3 Å². The molecule has 7 nitrogen and oxygen atoms in total. The first-order valence-electron chi connectivity index (χ1n) is 7.26. The number of aromatic hydroxyl groups is 1. The van der Waals surface area contributed by atoms with E-state index in [4.69, 9.17) is 5.11 Å². The molecule has 25 heavy (non-hydrogen) atoms. The van der Waals surface area contributed by atoms with Crippen LogP contribution in [0.25, 0.3) is 0 Å². The standard InChI is InChI=1S/C16H15BFNO6/c18-11-6-4-9(5-7-11)15(21)19-13(17(24)25)8-10-2-1-3-12(14(10)20)16(22)23/h1-7,13,20,24-25H,8H2,(H,19,21)(H,22,23)/t13-/m0/s1. The summed E-state index contributed by atoms with van der Waals surface area (Å²) in [5.41, 5.74) is -0.110. The normalized spacial score (nSPS) is 11.6. The average Bonchev–Trinajstić information content (AvgIpc) is 2.56. The zero-order chi connectivity index (χ0) is 18.6. The van der Waals surface area contributed by atoms with Gasteiger partial charge in [0.25, 0.3) is 5.91 Å². The fraction of sp³-hybridized carbons (Fsp3) is 0.125. The zero-order valence-corrected chi connectivity index (χ0v) is 12.9. The Kier molecular flexibility index (Phi) is 5.73. The van der Waals surface area contributed by atoms with Gasteiger partial charge in [0.1, 0.15) is 17.1 Å². The van der Waals surface area contributed by atoms with Crippen molar-refractivity contribution in [3.05, 3.63) is 65.0 Å². The fourth-order valence-electron chi connectivity index (χ4n) is 2.25. The number of carbonyl (C=O) groups excluding carboxylic acids is 1. The van der Waals surface area contributed by atoms with Crippen LogP contribution in [0.3, 0.4) is 0 Å². The maximum absolute atomic E-state index is 12.9. The molecule has 0 aromatic heterocycles. The fourth-order valence-corrected chi connectivity index (χ4v) is 2.25. The van der Waals surface area contributed by atoms with Crippen molar-refractivity contribution in [2.24, 2.45) is 0 Å². The summed E-state index contributed by atoms with van der Waals surface area (Å²) in [4.78, 5) is 23.1. The van der Waals surface area contributed by atoms with Gasteiger partial charge in [-0.05, 0) is 42.3 Å². The van der Waals surface area contributed by atoms with Gasteiger partial charge in [0, 0.05) is 5.56 Å². The van der Waals surface area contributed by atoms with Gasteiger partial charge in [-0.25, -0.2) is 9.18 Å². The minimum Gasteiger partial charge on any atom is -0.507 e. The van der Waals surface area contributed by atoms with E-state index in [1.807, 2.05) is 0 Å². The molecule has 2 rings (SSSR count). The number of hydrogen-bond donors (Lipinski definition) is 5. The molecule has 0 aliphatic carbocycles. The summed E-state index contributed by atoms with van der Waals surface area (Å²) in [6.07, 6.45) is -0.225. The number of aromatic carboxylic acids is 1. The van der Waals surface area contributed by atoms with Gasteiger partial charge in [-0.3, -0.25) is 4.79 Å². The summed E-state index contributed by atoms with van der Waals surface area (Å²) >= 11 is 0. The van der Waals surface area contributed by atoms with Gasteiger partial charge in [0.2, 0.25) is 0 Å². The van der Waals surface area contributed by atoms with Crippen molar-refractivity contribution in [1.82, 2.24) is 5.32 Å². The van der Waals surface area contributed by atoms with Crippen molar-refractivity contribution in [2.75, 3.05) is 0 Å². The van der Waals surface area contributed by atoms with Crippen LogP contribution in [0.4, 0.5) is 4.39 Å². The highest BCUT2D eigenvalue weighted by Crippen LogP contribution is 2.24. The highest BCUT2D eigenvalue weighted by Gasteiger charge is 2.28. The Hall–Kier alpha value is -2.91. The first-order chi connectivity index (χ1) is 11.8. The van der Waals surface area contributed by atoms with Crippen LogP contribution in [0.5, 0.6) is 5.75 Å². The topological polar surface area (TPSA) is 127 Å². The summed E-state index contributed by atoms with van der Waals surface area (Å²) in [6, 6.07) is 8.62. The first kappa shape index (κ1) is 18.4. The maximum Gasteiger partial charge on any atom is 0.475 e. The summed E-state index contributed by atoms with van der Waals surface area (Å²) in [5.74, 6) is -4.27. The molecule has 2 aromatic carbocycles. The van der Waals surface area contributed by atoms with Gasteiger partial charge < -0.3 is 25.6 Å². The number of phenols is 1. The Morgan fingerprint density at radius 1 is 1.12 bits per heavy atom. The van der Waals surface area contributed by atoms with Crippen LogP contribution in [0.1, 0.15) is 26.3 Å². The Bertz CT molecular complexity index is 781. The van der Waals surface area contributed by atoms with Crippen LogP contribution in [0, 0.1) is 5.82 Å². The van der Waals surface area contributed by atoms with E-state index in [9.17, 15) is 29.1 Å². The van der Waals surface area contributed by atoms with Crippen LogP contribution in [-0.4, -0.2) is 45.2 Å². The molecule has 0 fully saturated rings. The van der Waals surface area contributed by atoms with Crippen molar-refractivity contribution in [3.63, 3.8) is 0 Å². The lowest BCUT2D eigenvalue weighted by atomic mass is 9.75. The van der Waals surface area contributed by atoms with E-state index < -0.39 is 36.5 Å². The smallest absolute Gasteiger partial charge is 0.475 e. The van der Waals surface area contributed by atoms with Gasteiger partial charge >= 0.3 is 13.1 Å². The number of hydrogen-bond acceptors (Lipinski definition) is 5. The minimum atomic E-state index is -1.96. The van der Waals surface area contributed by atoms with E-state index in [-0.39, 0.29) is 23.1 Å². The number of carboxylic acid groups (broad SMARTS) is 1. The quantitative estimate of drug-likeness (QED) is 0.487. The number of halogens is 1. The van der Waals surface area contributed by atoms with Crippen molar-refractivity contribution in [2.45, 2.75) is 12.4 Å². The Morgan fingerprint density at radius 2 is 1.76 bits per heavy atom. The third-order valence-corrected chi connectivity index (χ3v) is 3.57. The van der Waals surface area contributed by atoms with Crippen LogP contribution >= 0.6 is 0 Å². The molecule has 0 unspecified atom stereocenters. The van der Waals surface area contributed by atoms with Crippen LogP contribution in [0.2, 0.25) is 0 Å². The first-order valence-corrected chi connectivity index (χ1v) is 7.26. The van der Waals surface area contributed by atoms with Gasteiger partial charge in [0.05, 0.1) is 5.94 Å². The van der Waals surface area contributed by atoms with Crippen molar-refractivity contribution in [3.8, 4) is 5.75 Å². The summed E-state index contributed by atoms with van der Waals surface area (Å²) < 4.78 is 12.9. The third-order valence-electron chi connectivity index (χ3n) is 3.57. The third kappa shape index (κ3) is 4.55. The molecule has 0 bridgehead atoms. The monoisotopic (exact) mass is 347 g/mol. The van der Waals surface area contributed by atoms with Gasteiger partial charge in [-0.15, -0.1) is 0 Å². The lowest BCUT2D eigenvalue weighted by Crippen LogP contribution is -2.47. The number of benzene rings is 2. The summed E-state index contributed by atoms with van der Waals surface area (Å²) in [7, 11) is -1.96. The number of amides is 1. The molecule has 0 heterocycles. The van der Waals surface area contributed by atoms with Gasteiger partial charge in [0.15, 0.2) is 0 Å². The van der Waals surface area contributed by atoms with E-state index >= 15 is 0 Å². The Balaban J connectivity index is 2.19. The molecule has 0 spiro atoms. The molecule has 1 amide bonds. The van der Waals surface area contributed by atoms with Crippen LogP contribution < -0.4 is 5.32 Å². The Morgan fingerprint density at radius 3 is 2.32 bits per heavy atom. The molecule has 0 saturated carbocycles. The predicted octanol–water partition coefficient (Wildman–Crippen LogP) is 0.583. The van der Waals surface area contributed by atoms with E-state index in [2.05, 4.69) is 5.32 Å². The molecule has 9 heteroatoms. The minimum absolute atomic E-state index is 0.107. The molecule has 0 saturated heterocycles. The molecule has 130 valence electrons. The molecule has 0 aliphatic heterocycles. The number of carbonyl (C=O) groups is 2. The number of carboxylic acids is 1. The largest absolute Gasteiger partial charge is 0.507 e. The second-order valence-corrected chi connectivity index (χ2v) is 5.32. The Labute approximate surface area is 142 Å². The lowest BCUT2D eigenvalue weighted by Gasteiger charge is -2.19. The maximum atomic E-state index is 12.9. The van der Waals surface area contributed by atoms with E-state index in [0.29, 0.717) is 0 Å². The average molecular weight is 347 g/mol. The molecule has 1 atom stereocenters. The number of para-hydroxylation sites is 1. The van der Waals surface area contributed by atoms with Crippen molar-refractivity contribution in [1.29, 1.82) is 0 Å². The highest BCUT2D eigenvalue weighted by atomic mass is 19.1. The second kappa shape index (κ2) is 7.78. The van der Waals surface area contributed by atoms with E-state index in [0.717, 1.165) is 12.1 Å². The summed E-state index contributed by atoms with van der Waals surface area (Å²) in [6.45, 7) is 0. The molecule has 0 radical (unpaired) electrons. The molecular weight excluding hydrogens is 332 g/mol. The van der Waals surface area contributed by atoms with E-state index in [1.54, 1.807) is 0 Å².